The third-order valence-corrected chi connectivity index (χ3v) is 3.00. The number of hydrogen-bond acceptors (Lipinski definition) is 4. The number of benzene rings is 1. The van der Waals surface area contributed by atoms with Crippen LogP contribution in [0.5, 0.6) is 5.75 Å². The minimum Gasteiger partial charge on any atom is -0.406 e. The highest BCUT2D eigenvalue weighted by Crippen LogP contribution is 2.27. The number of halogens is 3. The highest BCUT2D eigenvalue weighted by Gasteiger charge is 2.31. The van der Waals surface area contributed by atoms with Crippen LogP contribution in [0.25, 0.3) is 0 Å². The molecule has 0 amide bonds. The van der Waals surface area contributed by atoms with Crippen LogP contribution in [0.4, 0.5) is 18.9 Å². The predicted octanol–water partition coefficient (Wildman–Crippen LogP) is 2.46. The first-order valence-corrected chi connectivity index (χ1v) is 6.34. The van der Waals surface area contributed by atoms with Gasteiger partial charge in [-0.25, -0.2) is 0 Å². The molecule has 0 unspecified atom stereocenters. The molecule has 0 saturated carbocycles. The van der Waals surface area contributed by atoms with Gasteiger partial charge in [0.1, 0.15) is 5.75 Å². The van der Waals surface area contributed by atoms with E-state index in [9.17, 15) is 13.2 Å². The number of anilines is 1. The molecule has 0 aromatic heterocycles. The molecule has 0 bridgehead atoms. The highest BCUT2D eigenvalue weighted by atomic mass is 19.4. The molecule has 1 aromatic carbocycles. The molecule has 2 rings (SSSR count). The van der Waals surface area contributed by atoms with Crippen LogP contribution in [0.15, 0.2) is 18.2 Å². The Hall–Kier alpha value is -1.47. The van der Waals surface area contributed by atoms with E-state index in [1.54, 1.807) is 7.05 Å². The van der Waals surface area contributed by atoms with E-state index in [0.717, 1.165) is 18.7 Å². The monoisotopic (exact) mass is 290 g/mol. The molecule has 112 valence electrons. The van der Waals surface area contributed by atoms with Crippen molar-refractivity contribution in [1.29, 1.82) is 0 Å². The van der Waals surface area contributed by atoms with E-state index in [2.05, 4.69) is 15.0 Å². The van der Waals surface area contributed by atoms with Gasteiger partial charge < -0.3 is 14.8 Å². The fourth-order valence-electron chi connectivity index (χ4n) is 2.11. The van der Waals surface area contributed by atoms with E-state index in [1.807, 2.05) is 6.07 Å². The van der Waals surface area contributed by atoms with Crippen LogP contribution >= 0.6 is 0 Å². The van der Waals surface area contributed by atoms with E-state index in [0.29, 0.717) is 25.4 Å². The second-order valence-corrected chi connectivity index (χ2v) is 4.55. The molecule has 4 nitrogen and oxygen atoms in total. The predicted molar refractivity (Wildman–Crippen MR) is 68.8 cm³/mol. The van der Waals surface area contributed by atoms with Crippen LogP contribution in [-0.2, 0) is 11.3 Å². The van der Waals surface area contributed by atoms with E-state index >= 15 is 0 Å². The van der Waals surface area contributed by atoms with Gasteiger partial charge in [0.05, 0.1) is 13.2 Å². The summed E-state index contributed by atoms with van der Waals surface area (Å²) in [7, 11) is 1.66. The van der Waals surface area contributed by atoms with Crippen LogP contribution < -0.4 is 10.1 Å². The Morgan fingerprint density at radius 1 is 1.25 bits per heavy atom. The SMILES string of the molecule is CNc1cc(CN2CCOCC2)cc(OC(F)(F)F)c1. The van der Waals surface area contributed by atoms with Crippen molar-refractivity contribution in [3.05, 3.63) is 23.8 Å². The van der Waals surface area contributed by atoms with Gasteiger partial charge in [0.25, 0.3) is 0 Å². The number of nitrogens with one attached hydrogen (secondary N) is 1. The van der Waals surface area contributed by atoms with Crippen LogP contribution in [0.1, 0.15) is 5.56 Å². The maximum atomic E-state index is 12.3. The van der Waals surface area contributed by atoms with Gasteiger partial charge in [-0.1, -0.05) is 0 Å². The standard InChI is InChI=1S/C13H17F3N2O2/c1-17-11-6-10(9-18-2-4-19-5-3-18)7-12(8-11)20-13(14,15)16/h6-8,17H,2-5,9H2,1H3. The van der Waals surface area contributed by atoms with Gasteiger partial charge in [-0.2, -0.15) is 0 Å². The number of morpholine rings is 1. The quantitative estimate of drug-likeness (QED) is 0.923. The second-order valence-electron chi connectivity index (χ2n) is 4.55. The summed E-state index contributed by atoms with van der Waals surface area (Å²) in [6, 6.07) is 4.57. The third kappa shape index (κ3) is 4.57. The van der Waals surface area contributed by atoms with Gasteiger partial charge in [0, 0.05) is 38.4 Å². The Balaban J connectivity index is 2.12. The zero-order valence-corrected chi connectivity index (χ0v) is 11.2. The minimum atomic E-state index is -4.68. The van der Waals surface area contributed by atoms with E-state index in [-0.39, 0.29) is 5.75 Å². The smallest absolute Gasteiger partial charge is 0.406 e. The molecule has 0 radical (unpaired) electrons. The molecule has 1 fully saturated rings. The molecule has 0 spiro atoms. The van der Waals surface area contributed by atoms with Gasteiger partial charge in [-0.05, 0) is 17.7 Å². The summed E-state index contributed by atoms with van der Waals surface area (Å²) in [5.74, 6) is -0.201. The molecule has 1 aromatic rings. The molecular formula is C13H17F3N2O2. The number of nitrogens with zero attached hydrogens (tertiary/aromatic N) is 1. The van der Waals surface area contributed by atoms with E-state index < -0.39 is 6.36 Å². The van der Waals surface area contributed by atoms with Crippen LogP contribution in [-0.4, -0.2) is 44.6 Å². The van der Waals surface area contributed by atoms with Gasteiger partial charge >= 0.3 is 6.36 Å². The summed E-state index contributed by atoms with van der Waals surface area (Å²) >= 11 is 0. The zero-order chi connectivity index (χ0) is 14.6. The van der Waals surface area contributed by atoms with Gasteiger partial charge in [0.15, 0.2) is 0 Å². The summed E-state index contributed by atoms with van der Waals surface area (Å²) in [4.78, 5) is 2.13. The van der Waals surface area contributed by atoms with Crippen molar-refractivity contribution in [2.24, 2.45) is 0 Å². The summed E-state index contributed by atoms with van der Waals surface area (Å²) in [5, 5.41) is 2.84. The Morgan fingerprint density at radius 3 is 2.55 bits per heavy atom. The largest absolute Gasteiger partial charge is 0.573 e. The lowest BCUT2D eigenvalue weighted by Gasteiger charge is -2.27. The molecule has 20 heavy (non-hydrogen) atoms. The van der Waals surface area contributed by atoms with Crippen molar-refractivity contribution in [1.82, 2.24) is 4.90 Å². The van der Waals surface area contributed by atoms with Gasteiger partial charge in [-0.15, -0.1) is 13.2 Å². The molecule has 1 heterocycles. The molecule has 1 aliphatic heterocycles. The average Bonchev–Trinajstić information content (AvgIpc) is 2.37. The first-order valence-electron chi connectivity index (χ1n) is 6.34. The lowest BCUT2D eigenvalue weighted by atomic mass is 10.1. The molecule has 1 saturated heterocycles. The number of rotatable bonds is 4. The second kappa shape index (κ2) is 6.32. The summed E-state index contributed by atoms with van der Waals surface area (Å²) in [6.07, 6.45) is -4.68. The van der Waals surface area contributed by atoms with Crippen molar-refractivity contribution < 1.29 is 22.6 Å². The van der Waals surface area contributed by atoms with E-state index in [1.165, 1.54) is 12.1 Å². The molecule has 7 heteroatoms. The Kier molecular flexibility index (Phi) is 4.72. The van der Waals surface area contributed by atoms with Crippen molar-refractivity contribution in [3.63, 3.8) is 0 Å². The minimum absolute atomic E-state index is 0.201. The van der Waals surface area contributed by atoms with E-state index in [4.69, 9.17) is 4.74 Å². The van der Waals surface area contributed by atoms with Crippen molar-refractivity contribution >= 4 is 5.69 Å². The number of ether oxygens (including phenoxy) is 2. The Bertz CT molecular complexity index is 446. The average molecular weight is 290 g/mol. The fourth-order valence-corrected chi connectivity index (χ4v) is 2.11. The van der Waals surface area contributed by atoms with Crippen LogP contribution in [0.2, 0.25) is 0 Å². The summed E-state index contributed by atoms with van der Waals surface area (Å²) < 4.78 is 46.1. The maximum Gasteiger partial charge on any atom is 0.573 e. The third-order valence-electron chi connectivity index (χ3n) is 3.00. The zero-order valence-electron chi connectivity index (χ0n) is 11.2. The summed E-state index contributed by atoms with van der Waals surface area (Å²) in [6.45, 7) is 3.43. The Labute approximate surface area is 115 Å². The van der Waals surface area contributed by atoms with Crippen molar-refractivity contribution in [2.45, 2.75) is 12.9 Å². The van der Waals surface area contributed by atoms with Crippen molar-refractivity contribution in [3.8, 4) is 5.75 Å². The first-order chi connectivity index (χ1) is 9.46. The number of alkyl halides is 3. The molecule has 1 N–H and O–H groups in total. The number of hydrogen-bond donors (Lipinski definition) is 1. The maximum absolute atomic E-state index is 12.3. The van der Waals surface area contributed by atoms with Crippen molar-refractivity contribution in [2.75, 3.05) is 38.7 Å². The molecular weight excluding hydrogens is 273 g/mol. The topological polar surface area (TPSA) is 33.7 Å². The lowest BCUT2D eigenvalue weighted by molar-refractivity contribution is -0.274. The Morgan fingerprint density at radius 2 is 1.95 bits per heavy atom. The highest BCUT2D eigenvalue weighted by molar-refractivity contribution is 5.51. The first kappa shape index (κ1) is 14.9. The van der Waals surface area contributed by atoms with Crippen LogP contribution in [0, 0.1) is 0 Å². The van der Waals surface area contributed by atoms with Gasteiger partial charge in [0.2, 0.25) is 0 Å². The lowest BCUT2D eigenvalue weighted by Crippen LogP contribution is -2.35. The summed E-state index contributed by atoms with van der Waals surface area (Å²) in [5.41, 5.74) is 1.37. The molecule has 1 aliphatic rings. The molecule has 0 atom stereocenters. The van der Waals surface area contributed by atoms with Crippen LogP contribution in [0.3, 0.4) is 0 Å². The fraction of sp³-hybridized carbons (Fsp3) is 0.538. The normalized spacial score (nSPS) is 17.0. The molecule has 0 aliphatic carbocycles. The van der Waals surface area contributed by atoms with Gasteiger partial charge in [-0.3, -0.25) is 4.90 Å².